The van der Waals surface area contributed by atoms with Crippen molar-refractivity contribution >= 4 is 0 Å². The standard InChI is InChI=1S/C14H27N3O/c1-11(2)4-6-16-14-8-13(12(3)18)9-17(10-14)7-5-15/h11-14,16,18H,4,6-10H2,1-3H3. The molecule has 3 unspecified atom stereocenters. The van der Waals surface area contributed by atoms with E-state index >= 15 is 0 Å². The van der Waals surface area contributed by atoms with Crippen molar-refractivity contribution in [2.24, 2.45) is 11.8 Å². The minimum atomic E-state index is -0.291. The van der Waals surface area contributed by atoms with E-state index in [0.717, 1.165) is 26.1 Å². The van der Waals surface area contributed by atoms with Gasteiger partial charge in [0.1, 0.15) is 0 Å². The lowest BCUT2D eigenvalue weighted by Gasteiger charge is -2.38. The van der Waals surface area contributed by atoms with Crippen LogP contribution in [-0.2, 0) is 0 Å². The van der Waals surface area contributed by atoms with Crippen LogP contribution in [0.5, 0.6) is 0 Å². The van der Waals surface area contributed by atoms with E-state index in [1.807, 2.05) is 6.92 Å². The molecule has 0 spiro atoms. The average molecular weight is 253 g/mol. The largest absolute Gasteiger partial charge is 0.393 e. The normalized spacial score (nSPS) is 27.1. The van der Waals surface area contributed by atoms with Crippen molar-refractivity contribution in [2.75, 3.05) is 26.2 Å². The number of rotatable bonds is 6. The first-order valence-corrected chi connectivity index (χ1v) is 7.03. The molecule has 1 aliphatic rings. The highest BCUT2D eigenvalue weighted by atomic mass is 16.3. The van der Waals surface area contributed by atoms with E-state index < -0.39 is 0 Å². The maximum atomic E-state index is 9.76. The highest BCUT2D eigenvalue weighted by Crippen LogP contribution is 2.20. The Morgan fingerprint density at radius 3 is 2.67 bits per heavy atom. The molecule has 1 aliphatic heterocycles. The third-order valence-electron chi connectivity index (χ3n) is 3.69. The Hall–Kier alpha value is -0.630. The fourth-order valence-electron chi connectivity index (χ4n) is 2.53. The molecular weight excluding hydrogens is 226 g/mol. The zero-order chi connectivity index (χ0) is 13.5. The molecule has 0 bridgehead atoms. The number of hydrogen-bond donors (Lipinski definition) is 2. The summed E-state index contributed by atoms with van der Waals surface area (Å²) >= 11 is 0. The number of likely N-dealkylation sites (tertiary alicyclic amines) is 1. The molecule has 2 N–H and O–H groups in total. The summed E-state index contributed by atoms with van der Waals surface area (Å²) in [5.41, 5.74) is 0. The van der Waals surface area contributed by atoms with Gasteiger partial charge in [-0.15, -0.1) is 0 Å². The molecule has 0 aromatic carbocycles. The second-order valence-electron chi connectivity index (χ2n) is 5.92. The van der Waals surface area contributed by atoms with Gasteiger partial charge in [0.2, 0.25) is 0 Å². The maximum Gasteiger partial charge on any atom is 0.0866 e. The van der Waals surface area contributed by atoms with E-state index in [1.54, 1.807) is 0 Å². The van der Waals surface area contributed by atoms with E-state index in [9.17, 15) is 5.11 Å². The summed E-state index contributed by atoms with van der Waals surface area (Å²) in [6.07, 6.45) is 1.90. The lowest BCUT2D eigenvalue weighted by atomic mass is 9.90. The van der Waals surface area contributed by atoms with Crippen LogP contribution < -0.4 is 5.32 Å². The number of piperidine rings is 1. The van der Waals surface area contributed by atoms with Crippen LogP contribution in [0.1, 0.15) is 33.6 Å². The second-order valence-corrected chi connectivity index (χ2v) is 5.92. The SMILES string of the molecule is CC(C)CCNC1CC(C(C)O)CN(CC#N)C1. The van der Waals surface area contributed by atoms with Gasteiger partial charge in [-0.3, -0.25) is 4.90 Å². The topological polar surface area (TPSA) is 59.3 Å². The van der Waals surface area contributed by atoms with Crippen molar-refractivity contribution in [3.63, 3.8) is 0 Å². The molecular formula is C14H27N3O. The average Bonchev–Trinajstić information content (AvgIpc) is 2.28. The number of aliphatic hydroxyl groups excluding tert-OH is 1. The van der Waals surface area contributed by atoms with E-state index in [1.165, 1.54) is 6.42 Å². The lowest BCUT2D eigenvalue weighted by molar-refractivity contribution is 0.0532. The fraction of sp³-hybridized carbons (Fsp3) is 0.929. The summed E-state index contributed by atoms with van der Waals surface area (Å²) in [5, 5.41) is 22.1. The first-order chi connectivity index (χ1) is 8.52. The van der Waals surface area contributed by atoms with Crippen molar-refractivity contribution in [2.45, 2.75) is 45.8 Å². The molecule has 1 rings (SSSR count). The van der Waals surface area contributed by atoms with E-state index in [0.29, 0.717) is 18.5 Å². The second kappa shape index (κ2) is 7.73. The van der Waals surface area contributed by atoms with Crippen LogP contribution in [0.4, 0.5) is 0 Å². The van der Waals surface area contributed by atoms with Gasteiger partial charge >= 0.3 is 0 Å². The van der Waals surface area contributed by atoms with Crippen LogP contribution in [0.15, 0.2) is 0 Å². The maximum absolute atomic E-state index is 9.76. The molecule has 4 nitrogen and oxygen atoms in total. The molecule has 0 radical (unpaired) electrons. The molecule has 1 saturated heterocycles. The van der Waals surface area contributed by atoms with Crippen LogP contribution in [-0.4, -0.2) is 48.3 Å². The number of nitrogens with zero attached hydrogens (tertiary/aromatic N) is 2. The molecule has 104 valence electrons. The Labute approximate surface area is 111 Å². The smallest absolute Gasteiger partial charge is 0.0866 e. The number of aliphatic hydroxyl groups is 1. The van der Waals surface area contributed by atoms with Gasteiger partial charge in [-0.2, -0.15) is 5.26 Å². The predicted molar refractivity (Wildman–Crippen MR) is 73.1 cm³/mol. The van der Waals surface area contributed by atoms with E-state index in [-0.39, 0.29) is 12.0 Å². The first kappa shape index (κ1) is 15.4. The Kier molecular flexibility index (Phi) is 6.62. The molecule has 0 aliphatic carbocycles. The quantitative estimate of drug-likeness (QED) is 0.699. The molecule has 1 fully saturated rings. The third kappa shape index (κ3) is 5.34. The monoisotopic (exact) mass is 253 g/mol. The summed E-state index contributed by atoms with van der Waals surface area (Å²) < 4.78 is 0. The molecule has 1 heterocycles. The fourth-order valence-corrected chi connectivity index (χ4v) is 2.53. The molecule has 0 aromatic heterocycles. The van der Waals surface area contributed by atoms with Gasteiger partial charge in [-0.05, 0) is 38.1 Å². The van der Waals surface area contributed by atoms with Crippen LogP contribution in [0.25, 0.3) is 0 Å². The van der Waals surface area contributed by atoms with Crippen LogP contribution in [0, 0.1) is 23.2 Å². The minimum absolute atomic E-state index is 0.281. The van der Waals surface area contributed by atoms with Crippen molar-refractivity contribution in [3.05, 3.63) is 0 Å². The summed E-state index contributed by atoms with van der Waals surface area (Å²) in [7, 11) is 0. The molecule has 18 heavy (non-hydrogen) atoms. The van der Waals surface area contributed by atoms with E-state index in [2.05, 4.69) is 30.1 Å². The lowest BCUT2D eigenvalue weighted by Crippen LogP contribution is -2.51. The number of hydrogen-bond acceptors (Lipinski definition) is 4. The van der Waals surface area contributed by atoms with Gasteiger partial charge in [0, 0.05) is 19.1 Å². The van der Waals surface area contributed by atoms with Gasteiger partial charge in [-0.25, -0.2) is 0 Å². The van der Waals surface area contributed by atoms with Crippen molar-refractivity contribution < 1.29 is 5.11 Å². The molecule has 0 saturated carbocycles. The van der Waals surface area contributed by atoms with Gasteiger partial charge in [0.15, 0.2) is 0 Å². The van der Waals surface area contributed by atoms with Gasteiger partial charge in [0.25, 0.3) is 0 Å². The van der Waals surface area contributed by atoms with E-state index in [4.69, 9.17) is 5.26 Å². The van der Waals surface area contributed by atoms with Gasteiger partial charge in [0.05, 0.1) is 18.7 Å². The Bertz CT molecular complexity index is 273. The van der Waals surface area contributed by atoms with Gasteiger partial charge < -0.3 is 10.4 Å². The Balaban J connectivity index is 2.43. The summed E-state index contributed by atoms with van der Waals surface area (Å²) in [4.78, 5) is 2.15. The number of nitrogens with one attached hydrogen (secondary N) is 1. The summed E-state index contributed by atoms with van der Waals surface area (Å²) in [5.74, 6) is 0.993. The third-order valence-corrected chi connectivity index (χ3v) is 3.69. The van der Waals surface area contributed by atoms with Crippen molar-refractivity contribution in [3.8, 4) is 6.07 Å². The van der Waals surface area contributed by atoms with Crippen molar-refractivity contribution in [1.82, 2.24) is 10.2 Å². The highest BCUT2D eigenvalue weighted by molar-refractivity contribution is 4.89. The molecule has 0 amide bonds. The van der Waals surface area contributed by atoms with Crippen molar-refractivity contribution in [1.29, 1.82) is 5.26 Å². The molecule has 4 heteroatoms. The summed E-state index contributed by atoms with van der Waals surface area (Å²) in [6.45, 7) is 9.56. The zero-order valence-corrected chi connectivity index (χ0v) is 11.9. The number of nitriles is 1. The van der Waals surface area contributed by atoms with Crippen LogP contribution >= 0.6 is 0 Å². The molecule has 3 atom stereocenters. The Morgan fingerprint density at radius 2 is 2.11 bits per heavy atom. The van der Waals surface area contributed by atoms with Gasteiger partial charge in [-0.1, -0.05) is 13.8 Å². The summed E-state index contributed by atoms with van der Waals surface area (Å²) in [6, 6.07) is 2.62. The van der Waals surface area contributed by atoms with Crippen LogP contribution in [0.3, 0.4) is 0 Å². The van der Waals surface area contributed by atoms with Crippen LogP contribution in [0.2, 0.25) is 0 Å². The predicted octanol–water partition coefficient (Wildman–Crippen LogP) is 1.22. The zero-order valence-electron chi connectivity index (χ0n) is 11.9. The molecule has 0 aromatic rings. The minimum Gasteiger partial charge on any atom is -0.393 e. The Morgan fingerprint density at radius 1 is 1.39 bits per heavy atom. The highest BCUT2D eigenvalue weighted by Gasteiger charge is 2.29. The first-order valence-electron chi connectivity index (χ1n) is 7.03.